The fraction of sp³-hybridized carbons (Fsp3) is 0.250. The molecule has 0 spiro atoms. The highest BCUT2D eigenvalue weighted by Crippen LogP contribution is 2.30. The van der Waals surface area contributed by atoms with E-state index in [2.05, 4.69) is 54.6 Å². The van der Waals surface area contributed by atoms with Crippen LogP contribution in [0, 0.1) is 6.92 Å². The van der Waals surface area contributed by atoms with Crippen molar-refractivity contribution < 1.29 is 0 Å². The Balaban J connectivity index is 1.36. The molecule has 0 aliphatic carbocycles. The molecule has 0 bridgehead atoms. The molecular formula is C24H25N7S. The van der Waals surface area contributed by atoms with Crippen LogP contribution < -0.4 is 10.2 Å². The number of benzene rings is 1. The monoisotopic (exact) mass is 443 g/mol. The summed E-state index contributed by atoms with van der Waals surface area (Å²) in [5.74, 6) is 2.55. The van der Waals surface area contributed by atoms with Crippen molar-refractivity contribution in [2.45, 2.75) is 6.92 Å². The van der Waals surface area contributed by atoms with E-state index in [4.69, 9.17) is 4.98 Å². The molecule has 7 nitrogen and oxygen atoms in total. The number of nitrogens with zero attached hydrogens (tertiary/aromatic N) is 6. The molecule has 1 aromatic carbocycles. The highest BCUT2D eigenvalue weighted by atomic mass is 32.1. The first-order chi connectivity index (χ1) is 15.6. The number of pyridine rings is 1. The number of rotatable bonds is 5. The Bertz CT molecular complexity index is 1200. The summed E-state index contributed by atoms with van der Waals surface area (Å²) in [5, 5.41) is 6.54. The maximum Gasteiger partial charge on any atom is 0.136 e. The van der Waals surface area contributed by atoms with E-state index in [1.165, 1.54) is 0 Å². The predicted molar refractivity (Wildman–Crippen MR) is 131 cm³/mol. The van der Waals surface area contributed by atoms with E-state index in [0.29, 0.717) is 0 Å². The molecule has 1 N–H and O–H groups in total. The first-order valence-electron chi connectivity index (χ1n) is 10.7. The lowest BCUT2D eigenvalue weighted by molar-refractivity contribution is 0.312. The number of likely N-dealkylation sites (N-methyl/N-ethyl adjacent to an activating group) is 1. The fourth-order valence-corrected chi connectivity index (χ4v) is 4.59. The second-order valence-corrected chi connectivity index (χ2v) is 8.79. The Morgan fingerprint density at radius 3 is 2.53 bits per heavy atom. The first kappa shape index (κ1) is 20.5. The van der Waals surface area contributed by atoms with Gasteiger partial charge in [-0.05, 0) is 38.2 Å². The lowest BCUT2D eigenvalue weighted by Gasteiger charge is -2.33. The molecule has 0 radical (unpaired) electrons. The molecule has 1 fully saturated rings. The molecule has 1 saturated heterocycles. The van der Waals surface area contributed by atoms with Gasteiger partial charge in [-0.2, -0.15) is 0 Å². The molecule has 0 atom stereocenters. The van der Waals surface area contributed by atoms with E-state index in [-0.39, 0.29) is 0 Å². The van der Waals surface area contributed by atoms with Crippen molar-refractivity contribution >= 4 is 28.7 Å². The minimum Gasteiger partial charge on any atom is -0.354 e. The third kappa shape index (κ3) is 4.61. The van der Waals surface area contributed by atoms with Crippen LogP contribution in [0.3, 0.4) is 0 Å². The average Bonchev–Trinajstić information content (AvgIpc) is 3.30. The predicted octanol–water partition coefficient (Wildman–Crippen LogP) is 4.47. The normalized spacial score (nSPS) is 14.5. The van der Waals surface area contributed by atoms with E-state index in [1.807, 2.05) is 37.3 Å². The molecule has 1 aliphatic rings. The van der Waals surface area contributed by atoms with Gasteiger partial charge in [-0.15, -0.1) is 11.3 Å². The third-order valence-corrected chi connectivity index (χ3v) is 6.41. The molecule has 0 amide bonds. The van der Waals surface area contributed by atoms with Gasteiger partial charge in [-0.25, -0.2) is 15.0 Å². The Morgan fingerprint density at radius 1 is 0.906 bits per heavy atom. The van der Waals surface area contributed by atoms with Crippen LogP contribution in [0.4, 0.5) is 17.3 Å². The van der Waals surface area contributed by atoms with Gasteiger partial charge < -0.3 is 15.1 Å². The summed E-state index contributed by atoms with van der Waals surface area (Å²) in [5.41, 5.74) is 4.08. The second-order valence-electron chi connectivity index (χ2n) is 7.93. The lowest BCUT2D eigenvalue weighted by atomic mass is 10.1. The number of aryl methyl sites for hydroxylation is 1. The standard InChI is InChI=1S/C24H25N7S/c1-17-26-22(15-23(27-17)31-12-10-30(2)11-13-31)28-20-5-3-4-19(14-20)21-16-32-24(29-21)18-6-8-25-9-7-18/h3-9,14-16H,10-13H2,1-2H3,(H,26,27,28). The molecule has 3 aromatic heterocycles. The highest BCUT2D eigenvalue weighted by molar-refractivity contribution is 7.13. The molecule has 4 aromatic rings. The van der Waals surface area contributed by atoms with Crippen LogP contribution in [0.1, 0.15) is 5.82 Å². The molecule has 5 rings (SSSR count). The number of hydrogen-bond acceptors (Lipinski definition) is 8. The van der Waals surface area contributed by atoms with E-state index in [1.54, 1.807) is 23.7 Å². The molecule has 1 aliphatic heterocycles. The van der Waals surface area contributed by atoms with Gasteiger partial charge in [0, 0.05) is 66.8 Å². The van der Waals surface area contributed by atoms with Crippen LogP contribution in [0.2, 0.25) is 0 Å². The molecule has 0 saturated carbocycles. The van der Waals surface area contributed by atoms with Gasteiger partial charge >= 0.3 is 0 Å². The molecular weight excluding hydrogens is 418 g/mol. The SMILES string of the molecule is Cc1nc(Nc2cccc(-c3csc(-c4ccncc4)n3)c2)cc(N2CCN(C)CC2)n1. The Hall–Kier alpha value is -3.36. The average molecular weight is 444 g/mol. The van der Waals surface area contributed by atoms with Crippen molar-refractivity contribution in [2.24, 2.45) is 0 Å². The molecule has 32 heavy (non-hydrogen) atoms. The van der Waals surface area contributed by atoms with Crippen molar-refractivity contribution in [1.82, 2.24) is 24.8 Å². The van der Waals surface area contributed by atoms with Gasteiger partial charge in [0.15, 0.2) is 0 Å². The van der Waals surface area contributed by atoms with E-state index < -0.39 is 0 Å². The highest BCUT2D eigenvalue weighted by Gasteiger charge is 2.16. The molecule has 0 unspecified atom stereocenters. The number of nitrogens with one attached hydrogen (secondary N) is 1. The summed E-state index contributed by atoms with van der Waals surface area (Å²) in [6.07, 6.45) is 3.59. The van der Waals surface area contributed by atoms with Gasteiger partial charge in [-0.1, -0.05) is 12.1 Å². The number of thiazole rings is 1. The number of aromatic nitrogens is 4. The van der Waals surface area contributed by atoms with Crippen LogP contribution >= 0.6 is 11.3 Å². The topological polar surface area (TPSA) is 70.1 Å². The van der Waals surface area contributed by atoms with Gasteiger partial charge in [0.25, 0.3) is 0 Å². The zero-order chi connectivity index (χ0) is 21.9. The quantitative estimate of drug-likeness (QED) is 0.488. The summed E-state index contributed by atoms with van der Waals surface area (Å²) in [6, 6.07) is 14.3. The Morgan fingerprint density at radius 2 is 1.72 bits per heavy atom. The number of piperazine rings is 1. The van der Waals surface area contributed by atoms with Crippen molar-refractivity contribution in [3.63, 3.8) is 0 Å². The van der Waals surface area contributed by atoms with Crippen molar-refractivity contribution in [3.8, 4) is 21.8 Å². The van der Waals surface area contributed by atoms with Crippen LogP contribution in [-0.4, -0.2) is 58.1 Å². The second kappa shape index (κ2) is 9.02. The number of anilines is 3. The Kier molecular flexibility index (Phi) is 5.79. The van der Waals surface area contributed by atoms with E-state index in [9.17, 15) is 0 Å². The maximum atomic E-state index is 4.82. The van der Waals surface area contributed by atoms with E-state index in [0.717, 1.165) is 71.2 Å². The van der Waals surface area contributed by atoms with Gasteiger partial charge in [0.2, 0.25) is 0 Å². The number of hydrogen-bond donors (Lipinski definition) is 1. The van der Waals surface area contributed by atoms with Crippen LogP contribution in [0.25, 0.3) is 21.8 Å². The zero-order valence-corrected chi connectivity index (χ0v) is 19.0. The van der Waals surface area contributed by atoms with Crippen molar-refractivity contribution in [3.05, 3.63) is 66.1 Å². The van der Waals surface area contributed by atoms with Crippen molar-refractivity contribution in [1.29, 1.82) is 0 Å². The summed E-state index contributed by atoms with van der Waals surface area (Å²) in [7, 11) is 2.16. The van der Waals surface area contributed by atoms with Crippen LogP contribution in [-0.2, 0) is 0 Å². The first-order valence-corrected chi connectivity index (χ1v) is 11.5. The van der Waals surface area contributed by atoms with Gasteiger partial charge in [0.1, 0.15) is 22.5 Å². The minimum absolute atomic E-state index is 0.765. The fourth-order valence-electron chi connectivity index (χ4n) is 3.75. The summed E-state index contributed by atoms with van der Waals surface area (Å²) in [6.45, 7) is 5.99. The zero-order valence-electron chi connectivity index (χ0n) is 18.2. The maximum absolute atomic E-state index is 4.82. The van der Waals surface area contributed by atoms with E-state index >= 15 is 0 Å². The molecule has 162 valence electrons. The van der Waals surface area contributed by atoms with Gasteiger partial charge in [0.05, 0.1) is 5.69 Å². The molecule has 4 heterocycles. The minimum atomic E-state index is 0.765. The largest absolute Gasteiger partial charge is 0.354 e. The molecule has 8 heteroatoms. The third-order valence-electron chi connectivity index (χ3n) is 5.51. The summed E-state index contributed by atoms with van der Waals surface area (Å²) < 4.78 is 0. The van der Waals surface area contributed by atoms with Crippen LogP contribution in [0.5, 0.6) is 0 Å². The van der Waals surface area contributed by atoms with Gasteiger partial charge in [-0.3, -0.25) is 4.98 Å². The summed E-state index contributed by atoms with van der Waals surface area (Å²) in [4.78, 5) is 22.8. The smallest absolute Gasteiger partial charge is 0.136 e. The van der Waals surface area contributed by atoms with Crippen LogP contribution in [0.15, 0.2) is 60.2 Å². The van der Waals surface area contributed by atoms with Crippen molar-refractivity contribution in [2.75, 3.05) is 43.4 Å². The Labute approximate surface area is 191 Å². The summed E-state index contributed by atoms with van der Waals surface area (Å²) >= 11 is 1.64. The lowest BCUT2D eigenvalue weighted by Crippen LogP contribution is -2.44.